The highest BCUT2D eigenvalue weighted by atomic mass is 32.2. The summed E-state index contributed by atoms with van der Waals surface area (Å²) >= 11 is 1.74. The van der Waals surface area contributed by atoms with Crippen LogP contribution in [0.15, 0.2) is 173 Å². The SMILES string of the molecule is Cc1ccc(S(=O)(=O)Nc2c(C(SC(c3ccccc3)(c3ccccc3)c3ccccc3)c3ccccc3C)oc3ccccc23)cc1. The minimum absolute atomic E-state index is 0.191. The number of para-hydroxylation sites is 1. The van der Waals surface area contributed by atoms with Gasteiger partial charge >= 0.3 is 0 Å². The second-order valence-corrected chi connectivity index (χ2v) is 14.9. The van der Waals surface area contributed by atoms with Crippen LogP contribution in [-0.4, -0.2) is 8.42 Å². The van der Waals surface area contributed by atoms with Gasteiger partial charge < -0.3 is 4.42 Å². The molecule has 1 aromatic heterocycles. The molecule has 1 heterocycles. The molecule has 238 valence electrons. The van der Waals surface area contributed by atoms with E-state index < -0.39 is 20.0 Å². The molecule has 1 unspecified atom stereocenters. The van der Waals surface area contributed by atoms with E-state index in [-0.39, 0.29) is 4.90 Å². The summed E-state index contributed by atoms with van der Waals surface area (Å²) in [6.45, 7) is 4.03. The fourth-order valence-corrected chi connectivity index (χ4v) is 9.23. The van der Waals surface area contributed by atoms with Crippen LogP contribution in [0.3, 0.4) is 0 Å². The van der Waals surface area contributed by atoms with Crippen molar-refractivity contribution in [1.29, 1.82) is 0 Å². The van der Waals surface area contributed by atoms with Crippen molar-refractivity contribution in [2.24, 2.45) is 0 Å². The van der Waals surface area contributed by atoms with Crippen molar-refractivity contribution in [3.8, 4) is 0 Å². The third kappa shape index (κ3) is 5.94. The number of hydrogen-bond donors (Lipinski definition) is 1. The second kappa shape index (κ2) is 13.2. The van der Waals surface area contributed by atoms with Crippen LogP contribution in [0.5, 0.6) is 0 Å². The Morgan fingerprint density at radius 1 is 0.604 bits per heavy atom. The van der Waals surface area contributed by atoms with E-state index in [9.17, 15) is 8.42 Å². The van der Waals surface area contributed by atoms with Crippen LogP contribution in [0.1, 0.15) is 44.4 Å². The standard InChI is InChI=1S/C42H35NO3S2/c1-30-26-28-35(29-27-30)48(44,45)43-39-37-24-14-15-25-38(37)46-40(39)41(36-23-13-12-16-31(36)2)47-42(32-17-6-3-7-18-32,33-19-8-4-9-20-33)34-21-10-5-11-22-34/h3-29,41,43H,1-2H3. The molecular weight excluding hydrogens is 631 g/mol. The molecule has 0 saturated carbocycles. The van der Waals surface area contributed by atoms with E-state index in [1.165, 1.54) is 0 Å². The van der Waals surface area contributed by atoms with Gasteiger partial charge in [0.05, 0.1) is 20.6 Å². The van der Waals surface area contributed by atoms with Crippen molar-refractivity contribution in [2.75, 3.05) is 4.72 Å². The first-order chi connectivity index (χ1) is 23.4. The maximum atomic E-state index is 14.0. The summed E-state index contributed by atoms with van der Waals surface area (Å²) in [6, 6.07) is 54.3. The average molecular weight is 666 g/mol. The first-order valence-electron chi connectivity index (χ1n) is 15.9. The third-order valence-electron chi connectivity index (χ3n) is 8.74. The molecule has 7 rings (SSSR count). The number of furan rings is 1. The molecule has 0 bridgehead atoms. The van der Waals surface area contributed by atoms with E-state index >= 15 is 0 Å². The lowest BCUT2D eigenvalue weighted by Crippen LogP contribution is -2.27. The fraction of sp³-hybridized carbons (Fsp3) is 0.0952. The molecule has 48 heavy (non-hydrogen) atoms. The number of sulfonamides is 1. The lowest BCUT2D eigenvalue weighted by Gasteiger charge is -2.38. The van der Waals surface area contributed by atoms with Crippen LogP contribution in [0, 0.1) is 13.8 Å². The minimum atomic E-state index is -3.96. The number of thioether (sulfide) groups is 1. The highest BCUT2D eigenvalue weighted by Crippen LogP contribution is 2.58. The zero-order valence-electron chi connectivity index (χ0n) is 26.7. The first-order valence-corrected chi connectivity index (χ1v) is 18.2. The largest absolute Gasteiger partial charge is 0.457 e. The number of aryl methyl sites for hydroxylation is 2. The highest BCUT2D eigenvalue weighted by molar-refractivity contribution is 8.01. The van der Waals surface area contributed by atoms with E-state index in [1.807, 2.05) is 73.7 Å². The van der Waals surface area contributed by atoms with Crippen molar-refractivity contribution in [3.05, 3.63) is 203 Å². The van der Waals surface area contributed by atoms with Crippen molar-refractivity contribution in [1.82, 2.24) is 0 Å². The van der Waals surface area contributed by atoms with Crippen LogP contribution in [-0.2, 0) is 14.8 Å². The smallest absolute Gasteiger partial charge is 0.262 e. The maximum Gasteiger partial charge on any atom is 0.262 e. The lowest BCUT2D eigenvalue weighted by atomic mass is 9.84. The van der Waals surface area contributed by atoms with Gasteiger partial charge in [0.15, 0.2) is 0 Å². The van der Waals surface area contributed by atoms with E-state index in [0.29, 0.717) is 22.4 Å². The van der Waals surface area contributed by atoms with Crippen molar-refractivity contribution < 1.29 is 12.8 Å². The Morgan fingerprint density at radius 3 is 1.67 bits per heavy atom. The average Bonchev–Trinajstić information content (AvgIpc) is 3.48. The third-order valence-corrected chi connectivity index (χ3v) is 11.9. The van der Waals surface area contributed by atoms with Crippen LogP contribution < -0.4 is 4.72 Å². The lowest BCUT2D eigenvalue weighted by molar-refractivity contribution is 0.559. The van der Waals surface area contributed by atoms with Crippen molar-refractivity contribution in [2.45, 2.75) is 28.7 Å². The summed E-state index contributed by atoms with van der Waals surface area (Å²) in [6.07, 6.45) is 0. The van der Waals surface area contributed by atoms with Gasteiger partial charge in [0.2, 0.25) is 0 Å². The topological polar surface area (TPSA) is 59.3 Å². The summed E-state index contributed by atoms with van der Waals surface area (Å²) in [5, 5.41) is 0.266. The number of hydrogen-bond acceptors (Lipinski definition) is 4. The zero-order chi connectivity index (χ0) is 33.1. The van der Waals surface area contributed by atoms with Gasteiger partial charge in [-0.3, -0.25) is 4.72 Å². The second-order valence-electron chi connectivity index (χ2n) is 11.9. The molecular formula is C42H35NO3S2. The minimum Gasteiger partial charge on any atom is -0.457 e. The summed E-state index contributed by atoms with van der Waals surface area (Å²) in [7, 11) is -3.96. The van der Waals surface area contributed by atoms with Gasteiger partial charge in [0, 0.05) is 5.39 Å². The molecule has 0 aliphatic heterocycles. The maximum absolute atomic E-state index is 14.0. The van der Waals surface area contributed by atoms with Crippen LogP contribution in [0.2, 0.25) is 0 Å². The molecule has 0 amide bonds. The predicted molar refractivity (Wildman–Crippen MR) is 198 cm³/mol. The molecule has 1 atom stereocenters. The van der Waals surface area contributed by atoms with Gasteiger partial charge in [-0.05, 0) is 65.9 Å². The number of fused-ring (bicyclic) bond motifs is 1. The molecule has 4 nitrogen and oxygen atoms in total. The Kier molecular flexibility index (Phi) is 8.69. The highest BCUT2D eigenvalue weighted by Gasteiger charge is 2.42. The van der Waals surface area contributed by atoms with Crippen molar-refractivity contribution in [3.63, 3.8) is 0 Å². The molecule has 1 N–H and O–H groups in total. The molecule has 0 fully saturated rings. The van der Waals surface area contributed by atoms with E-state index in [2.05, 4.69) is 96.6 Å². The number of anilines is 1. The van der Waals surface area contributed by atoms with Crippen LogP contribution >= 0.6 is 11.8 Å². The normalized spacial score (nSPS) is 12.5. The van der Waals surface area contributed by atoms with Gasteiger partial charge in [-0.2, -0.15) is 0 Å². The van der Waals surface area contributed by atoms with E-state index in [1.54, 1.807) is 23.9 Å². The van der Waals surface area contributed by atoms with Crippen LogP contribution in [0.4, 0.5) is 5.69 Å². The Balaban J connectivity index is 1.51. The van der Waals surface area contributed by atoms with Crippen LogP contribution in [0.25, 0.3) is 11.0 Å². The molecule has 0 saturated heterocycles. The number of nitrogens with one attached hydrogen (secondary N) is 1. The summed E-state index contributed by atoms with van der Waals surface area (Å²) in [5.41, 5.74) is 7.44. The van der Waals surface area contributed by atoms with E-state index in [0.717, 1.165) is 33.4 Å². The van der Waals surface area contributed by atoms with Gasteiger partial charge in [-0.25, -0.2) is 8.42 Å². The molecule has 0 aliphatic carbocycles. The molecule has 7 aromatic rings. The van der Waals surface area contributed by atoms with Gasteiger partial charge in [0.25, 0.3) is 10.0 Å². The molecule has 0 aliphatic rings. The van der Waals surface area contributed by atoms with Gasteiger partial charge in [0.1, 0.15) is 11.3 Å². The quantitative estimate of drug-likeness (QED) is 0.148. The number of rotatable bonds is 10. The Bertz CT molecular complexity index is 2170. The Labute approximate surface area is 286 Å². The molecule has 6 aromatic carbocycles. The predicted octanol–water partition coefficient (Wildman–Crippen LogP) is 10.7. The summed E-state index contributed by atoms with van der Waals surface area (Å²) < 4.78 is 37.1. The Hall–Kier alpha value is -5.04. The zero-order valence-corrected chi connectivity index (χ0v) is 28.3. The Morgan fingerprint density at radius 2 is 1.10 bits per heavy atom. The summed E-state index contributed by atoms with van der Waals surface area (Å²) in [4.78, 5) is 0.191. The fourth-order valence-electron chi connectivity index (χ4n) is 6.30. The van der Waals surface area contributed by atoms with Gasteiger partial charge in [-0.15, -0.1) is 11.8 Å². The molecule has 0 radical (unpaired) electrons. The number of benzene rings is 6. The van der Waals surface area contributed by atoms with E-state index in [4.69, 9.17) is 4.42 Å². The van der Waals surface area contributed by atoms with Crippen molar-refractivity contribution >= 4 is 38.4 Å². The van der Waals surface area contributed by atoms with Gasteiger partial charge in [-0.1, -0.05) is 145 Å². The molecule has 0 spiro atoms. The first kappa shape index (κ1) is 31.6. The monoisotopic (exact) mass is 665 g/mol. The molecule has 6 heteroatoms. The summed E-state index contributed by atoms with van der Waals surface area (Å²) in [5.74, 6) is 0.540.